The van der Waals surface area contributed by atoms with Crippen molar-refractivity contribution in [3.8, 4) is 0 Å². The molecule has 0 atom stereocenters. The second kappa shape index (κ2) is 3.85. The van der Waals surface area contributed by atoms with Gasteiger partial charge in [0.2, 0.25) is 0 Å². The van der Waals surface area contributed by atoms with Crippen molar-refractivity contribution in [2.24, 2.45) is 5.92 Å². The fourth-order valence-corrected chi connectivity index (χ4v) is 1.77. The number of carbonyl (C=O) groups is 2. The van der Waals surface area contributed by atoms with Gasteiger partial charge in [-0.25, -0.2) is 4.79 Å². The average molecular weight is 204 g/mol. The predicted octanol–water partition coefficient (Wildman–Crippen LogP) is 2.37. The zero-order valence-corrected chi connectivity index (χ0v) is 8.27. The smallest absolute Gasteiger partial charge is 0.336 e. The molecule has 3 heteroatoms. The molecule has 0 amide bonds. The van der Waals surface area contributed by atoms with E-state index in [4.69, 9.17) is 5.11 Å². The van der Waals surface area contributed by atoms with Crippen molar-refractivity contribution in [3.63, 3.8) is 0 Å². The van der Waals surface area contributed by atoms with Gasteiger partial charge < -0.3 is 5.11 Å². The summed E-state index contributed by atoms with van der Waals surface area (Å²) in [6.45, 7) is 0. The molecule has 1 aromatic rings. The van der Waals surface area contributed by atoms with Crippen LogP contribution in [0, 0.1) is 5.92 Å². The second-order valence-electron chi connectivity index (χ2n) is 3.84. The average Bonchev–Trinajstić information content (AvgIpc) is 2.15. The molecule has 1 saturated carbocycles. The predicted molar refractivity (Wildman–Crippen MR) is 55.1 cm³/mol. The lowest BCUT2D eigenvalue weighted by molar-refractivity contribution is 0.0687. The van der Waals surface area contributed by atoms with Crippen molar-refractivity contribution in [3.05, 3.63) is 35.4 Å². The van der Waals surface area contributed by atoms with Gasteiger partial charge in [0.1, 0.15) is 0 Å². The first-order valence-electron chi connectivity index (χ1n) is 5.06. The minimum atomic E-state index is -1.03. The molecule has 1 N–H and O–H groups in total. The van der Waals surface area contributed by atoms with Crippen molar-refractivity contribution in [2.75, 3.05) is 0 Å². The Labute approximate surface area is 87.7 Å². The minimum absolute atomic E-state index is 0.0146. The zero-order chi connectivity index (χ0) is 10.8. The summed E-state index contributed by atoms with van der Waals surface area (Å²) >= 11 is 0. The van der Waals surface area contributed by atoms with Crippen molar-refractivity contribution < 1.29 is 14.7 Å². The van der Waals surface area contributed by atoms with Gasteiger partial charge in [0.25, 0.3) is 0 Å². The van der Waals surface area contributed by atoms with Gasteiger partial charge in [-0.1, -0.05) is 24.6 Å². The molecular weight excluding hydrogens is 192 g/mol. The van der Waals surface area contributed by atoms with E-state index < -0.39 is 5.97 Å². The summed E-state index contributed by atoms with van der Waals surface area (Å²) in [5.41, 5.74) is 0.476. The number of ketones is 1. The largest absolute Gasteiger partial charge is 0.478 e. The Hall–Kier alpha value is -1.64. The Morgan fingerprint density at radius 3 is 2.20 bits per heavy atom. The summed E-state index contributed by atoms with van der Waals surface area (Å²) in [6.07, 6.45) is 2.87. The molecular formula is C12H12O3. The van der Waals surface area contributed by atoms with E-state index in [2.05, 4.69) is 0 Å². The first kappa shape index (κ1) is 9.90. The Morgan fingerprint density at radius 2 is 1.73 bits per heavy atom. The van der Waals surface area contributed by atoms with Gasteiger partial charge in [-0.05, 0) is 18.9 Å². The number of Topliss-reactive ketones (excluding diaryl/α,β-unsaturated/α-hetero) is 1. The van der Waals surface area contributed by atoms with E-state index in [0.717, 1.165) is 19.3 Å². The van der Waals surface area contributed by atoms with Gasteiger partial charge >= 0.3 is 5.97 Å². The molecule has 0 saturated heterocycles. The zero-order valence-electron chi connectivity index (χ0n) is 8.27. The highest BCUT2D eigenvalue weighted by molar-refractivity contribution is 6.07. The van der Waals surface area contributed by atoms with Gasteiger partial charge in [-0.15, -0.1) is 0 Å². The number of carbonyl (C=O) groups excluding carboxylic acids is 1. The number of carboxylic acids is 1. The maximum Gasteiger partial charge on any atom is 0.336 e. The molecule has 3 nitrogen and oxygen atoms in total. The number of carboxylic acid groups (broad SMARTS) is 1. The van der Waals surface area contributed by atoms with E-state index in [-0.39, 0.29) is 17.3 Å². The molecule has 0 unspecified atom stereocenters. The van der Waals surface area contributed by atoms with E-state index in [9.17, 15) is 9.59 Å². The van der Waals surface area contributed by atoms with Crippen LogP contribution in [0.15, 0.2) is 24.3 Å². The van der Waals surface area contributed by atoms with Crippen LogP contribution in [-0.2, 0) is 0 Å². The van der Waals surface area contributed by atoms with Crippen LogP contribution in [0.3, 0.4) is 0 Å². The molecule has 0 aromatic heterocycles. The third-order valence-corrected chi connectivity index (χ3v) is 2.90. The third kappa shape index (κ3) is 1.77. The van der Waals surface area contributed by atoms with Crippen molar-refractivity contribution in [2.45, 2.75) is 19.3 Å². The molecule has 0 spiro atoms. The second-order valence-corrected chi connectivity index (χ2v) is 3.84. The van der Waals surface area contributed by atoms with Crippen LogP contribution < -0.4 is 0 Å². The highest BCUT2D eigenvalue weighted by Gasteiger charge is 2.28. The maximum atomic E-state index is 11.9. The summed E-state index contributed by atoms with van der Waals surface area (Å²) in [4.78, 5) is 22.8. The number of aromatic carboxylic acids is 1. The molecule has 0 bridgehead atoms. The third-order valence-electron chi connectivity index (χ3n) is 2.90. The molecule has 1 aromatic carbocycles. The summed E-state index contributed by atoms with van der Waals surface area (Å²) < 4.78 is 0. The molecule has 2 rings (SSSR count). The monoisotopic (exact) mass is 204 g/mol. The minimum Gasteiger partial charge on any atom is -0.478 e. The number of hydrogen-bond donors (Lipinski definition) is 1. The topological polar surface area (TPSA) is 54.4 Å². The lowest BCUT2D eigenvalue weighted by atomic mass is 9.79. The Balaban J connectivity index is 2.33. The number of rotatable bonds is 3. The SMILES string of the molecule is O=C(O)c1ccccc1C(=O)C1CCC1. The van der Waals surface area contributed by atoms with Crippen LogP contribution in [0.2, 0.25) is 0 Å². The van der Waals surface area contributed by atoms with Crippen molar-refractivity contribution >= 4 is 11.8 Å². The molecule has 78 valence electrons. The van der Waals surface area contributed by atoms with Crippen LogP contribution >= 0.6 is 0 Å². The summed E-state index contributed by atoms with van der Waals surface area (Å²) in [5.74, 6) is -0.997. The highest BCUT2D eigenvalue weighted by Crippen LogP contribution is 2.30. The Kier molecular flexibility index (Phi) is 2.54. The molecule has 0 radical (unpaired) electrons. The summed E-state index contributed by atoms with van der Waals surface area (Å²) in [6, 6.07) is 6.43. The van der Waals surface area contributed by atoms with E-state index >= 15 is 0 Å². The fourth-order valence-electron chi connectivity index (χ4n) is 1.77. The van der Waals surface area contributed by atoms with Gasteiger partial charge in [0.15, 0.2) is 5.78 Å². The van der Waals surface area contributed by atoms with E-state index in [0.29, 0.717) is 5.56 Å². The summed E-state index contributed by atoms with van der Waals surface area (Å²) in [7, 11) is 0. The van der Waals surface area contributed by atoms with E-state index in [1.165, 1.54) is 6.07 Å². The lowest BCUT2D eigenvalue weighted by Crippen LogP contribution is -2.23. The molecule has 1 aliphatic rings. The van der Waals surface area contributed by atoms with Crippen LogP contribution in [0.4, 0.5) is 0 Å². The van der Waals surface area contributed by atoms with Crippen LogP contribution in [-0.4, -0.2) is 16.9 Å². The lowest BCUT2D eigenvalue weighted by Gasteiger charge is -2.24. The first-order valence-corrected chi connectivity index (χ1v) is 5.06. The molecule has 0 aliphatic heterocycles. The number of benzene rings is 1. The molecule has 15 heavy (non-hydrogen) atoms. The normalized spacial score (nSPS) is 15.7. The van der Waals surface area contributed by atoms with Crippen LogP contribution in [0.1, 0.15) is 40.0 Å². The quantitative estimate of drug-likeness (QED) is 0.769. The summed E-state index contributed by atoms with van der Waals surface area (Å²) in [5, 5.41) is 8.93. The van der Waals surface area contributed by atoms with Gasteiger partial charge in [-0.2, -0.15) is 0 Å². The van der Waals surface area contributed by atoms with Gasteiger partial charge in [0.05, 0.1) is 5.56 Å². The standard InChI is InChI=1S/C12H12O3/c13-11(8-4-3-5-8)9-6-1-2-7-10(9)12(14)15/h1-2,6-8H,3-5H2,(H,14,15). The van der Waals surface area contributed by atoms with Gasteiger partial charge in [0, 0.05) is 11.5 Å². The fraction of sp³-hybridized carbons (Fsp3) is 0.333. The van der Waals surface area contributed by atoms with Crippen LogP contribution in [0.5, 0.6) is 0 Å². The van der Waals surface area contributed by atoms with Crippen LogP contribution in [0.25, 0.3) is 0 Å². The Morgan fingerprint density at radius 1 is 1.13 bits per heavy atom. The molecule has 0 heterocycles. The molecule has 1 fully saturated rings. The highest BCUT2D eigenvalue weighted by atomic mass is 16.4. The maximum absolute atomic E-state index is 11.9. The first-order chi connectivity index (χ1) is 7.20. The van der Waals surface area contributed by atoms with E-state index in [1.54, 1.807) is 18.2 Å². The van der Waals surface area contributed by atoms with Crippen molar-refractivity contribution in [1.29, 1.82) is 0 Å². The molecule has 1 aliphatic carbocycles. The Bertz CT molecular complexity index is 405. The van der Waals surface area contributed by atoms with Crippen molar-refractivity contribution in [1.82, 2.24) is 0 Å². The number of hydrogen-bond acceptors (Lipinski definition) is 2. The van der Waals surface area contributed by atoms with E-state index in [1.807, 2.05) is 0 Å². The van der Waals surface area contributed by atoms with Gasteiger partial charge in [-0.3, -0.25) is 4.79 Å².